The molecule has 0 aliphatic heterocycles. The highest BCUT2D eigenvalue weighted by Crippen LogP contribution is 2.37. The number of nitrogens with two attached hydrogens (primary N) is 1. The van der Waals surface area contributed by atoms with Crippen LogP contribution in [0.5, 0.6) is 11.5 Å². The Balaban J connectivity index is 1.96. The van der Waals surface area contributed by atoms with E-state index in [1.54, 1.807) is 49.4 Å². The second-order valence-electron chi connectivity index (χ2n) is 8.61. The summed E-state index contributed by atoms with van der Waals surface area (Å²) in [4.78, 5) is 12.4. The van der Waals surface area contributed by atoms with Crippen LogP contribution in [-0.4, -0.2) is 12.5 Å². The highest BCUT2D eigenvalue weighted by atomic mass is 35.5. The number of nitrogen functional groups attached to an aromatic ring is 1. The molecule has 9 heteroatoms. The van der Waals surface area contributed by atoms with E-state index in [4.69, 9.17) is 26.8 Å². The minimum atomic E-state index is -0.373. The Hall–Kier alpha value is -4.48. The second-order valence-corrected chi connectivity index (χ2v) is 9.02. The summed E-state index contributed by atoms with van der Waals surface area (Å²) in [5.41, 5.74) is 10.1. The molecule has 1 amide bonds. The summed E-state index contributed by atoms with van der Waals surface area (Å²) in [5.74, 6) is 0.0897. The van der Waals surface area contributed by atoms with Gasteiger partial charge in [-0.05, 0) is 62.2 Å². The van der Waals surface area contributed by atoms with Crippen molar-refractivity contribution in [1.29, 1.82) is 5.26 Å². The molecule has 3 aromatic rings. The van der Waals surface area contributed by atoms with Crippen molar-refractivity contribution in [3.8, 4) is 17.6 Å². The highest BCUT2D eigenvalue weighted by Gasteiger charge is 2.18. The predicted molar refractivity (Wildman–Crippen MR) is 154 cm³/mol. The molecule has 0 heterocycles. The normalized spacial score (nSPS) is 11.2. The summed E-state index contributed by atoms with van der Waals surface area (Å²) in [6.45, 7) is 9.46. The van der Waals surface area contributed by atoms with Crippen LogP contribution in [0.3, 0.4) is 0 Å². The van der Waals surface area contributed by atoms with Crippen LogP contribution >= 0.6 is 11.6 Å². The van der Waals surface area contributed by atoms with E-state index in [1.807, 2.05) is 13.8 Å². The molecule has 0 aliphatic rings. The number of halogens is 2. The predicted octanol–water partition coefficient (Wildman–Crippen LogP) is 7.31. The monoisotopic (exact) mass is 548 g/mol. The average molecular weight is 549 g/mol. The molecule has 4 N–H and O–H groups in total. The molecule has 0 radical (unpaired) electrons. The topological polar surface area (TPSA) is 109 Å². The fraction of sp³-hybridized carbons (Fsp3) is 0.200. The van der Waals surface area contributed by atoms with Crippen molar-refractivity contribution < 1.29 is 18.7 Å². The molecular formula is C30H30ClFN4O3. The van der Waals surface area contributed by atoms with Gasteiger partial charge < -0.3 is 25.8 Å². The number of amides is 1. The molecule has 3 aromatic carbocycles. The maximum absolute atomic E-state index is 13.5. The Bertz CT molecular complexity index is 1460. The zero-order valence-electron chi connectivity index (χ0n) is 22.0. The van der Waals surface area contributed by atoms with Crippen molar-refractivity contribution >= 4 is 40.3 Å². The average Bonchev–Trinajstić information content (AvgIpc) is 2.90. The lowest BCUT2D eigenvalue weighted by Crippen LogP contribution is -2.14. The summed E-state index contributed by atoms with van der Waals surface area (Å²) in [6, 6.07) is 16.7. The van der Waals surface area contributed by atoms with Gasteiger partial charge in [-0.3, -0.25) is 4.79 Å². The van der Waals surface area contributed by atoms with E-state index in [1.165, 1.54) is 12.1 Å². The van der Waals surface area contributed by atoms with Gasteiger partial charge in [0.05, 0.1) is 34.7 Å². The van der Waals surface area contributed by atoms with Crippen LogP contribution in [0, 0.1) is 17.1 Å². The van der Waals surface area contributed by atoms with Crippen molar-refractivity contribution in [2.75, 3.05) is 23.0 Å². The van der Waals surface area contributed by atoms with Crippen molar-refractivity contribution in [2.24, 2.45) is 0 Å². The van der Waals surface area contributed by atoms with Crippen LogP contribution in [0.1, 0.15) is 38.3 Å². The highest BCUT2D eigenvalue weighted by molar-refractivity contribution is 6.32. The smallest absolute Gasteiger partial charge is 0.250 e. The molecule has 0 atom stereocenters. The van der Waals surface area contributed by atoms with E-state index >= 15 is 0 Å². The van der Waals surface area contributed by atoms with Gasteiger partial charge in [0, 0.05) is 28.6 Å². The van der Waals surface area contributed by atoms with Gasteiger partial charge in [-0.25, -0.2) is 4.39 Å². The fourth-order valence-corrected chi connectivity index (χ4v) is 3.89. The summed E-state index contributed by atoms with van der Waals surface area (Å²) in [7, 11) is 0. The zero-order chi connectivity index (χ0) is 28.5. The summed E-state index contributed by atoms with van der Waals surface area (Å²) < 4.78 is 24.9. The van der Waals surface area contributed by atoms with Gasteiger partial charge in [-0.1, -0.05) is 37.2 Å². The number of hydrogen-bond donors (Lipinski definition) is 3. The number of nitriles is 1. The zero-order valence-corrected chi connectivity index (χ0v) is 22.8. The van der Waals surface area contributed by atoms with Gasteiger partial charge in [-0.15, -0.1) is 0 Å². The number of carbonyl (C=O) groups is 1. The standard InChI is InChI=1S/C30H30ClFN4O3/c1-5-20(16-33)29(23-14-26(36-30(37)18(3)4)28(38-6-2)15-25(23)34)35-22-10-11-27(24(31)13-22)39-17-19-8-7-9-21(32)12-19/h7-15,35H,3,5-6,17,34H2,1-2,4H3,(H,36,37)/b29-20-. The molecule has 0 bridgehead atoms. The third-order valence-electron chi connectivity index (χ3n) is 5.63. The molecule has 202 valence electrons. The maximum atomic E-state index is 13.5. The molecule has 39 heavy (non-hydrogen) atoms. The molecule has 0 saturated carbocycles. The van der Waals surface area contributed by atoms with Gasteiger partial charge in [0.15, 0.2) is 0 Å². The Morgan fingerprint density at radius 1 is 1.10 bits per heavy atom. The molecule has 0 fully saturated rings. The molecule has 0 unspecified atom stereocenters. The Kier molecular flexibility index (Phi) is 9.96. The van der Waals surface area contributed by atoms with Crippen LogP contribution in [0.2, 0.25) is 5.02 Å². The number of hydrogen-bond acceptors (Lipinski definition) is 6. The summed E-state index contributed by atoms with van der Waals surface area (Å²) in [6.07, 6.45) is 0.418. The lowest BCUT2D eigenvalue weighted by molar-refractivity contribution is -0.112. The maximum Gasteiger partial charge on any atom is 0.250 e. The number of benzene rings is 3. The first-order chi connectivity index (χ1) is 18.7. The van der Waals surface area contributed by atoms with Crippen LogP contribution in [0.4, 0.5) is 21.5 Å². The van der Waals surface area contributed by atoms with Crippen molar-refractivity contribution in [1.82, 2.24) is 0 Å². The molecular weight excluding hydrogens is 519 g/mol. The quantitative estimate of drug-likeness (QED) is 0.132. The number of rotatable bonds is 11. The van der Waals surface area contributed by atoms with Crippen molar-refractivity contribution in [2.45, 2.75) is 33.8 Å². The van der Waals surface area contributed by atoms with Crippen LogP contribution < -0.4 is 25.8 Å². The number of nitrogens with zero attached hydrogens (tertiary/aromatic N) is 1. The molecule has 0 spiro atoms. The number of carbonyl (C=O) groups excluding carboxylic acids is 1. The number of ether oxygens (including phenoxy) is 2. The Morgan fingerprint density at radius 3 is 2.49 bits per heavy atom. The number of nitrogens with one attached hydrogen (secondary N) is 2. The van der Waals surface area contributed by atoms with Gasteiger partial charge in [0.1, 0.15) is 23.9 Å². The molecule has 0 aromatic heterocycles. The van der Waals surface area contributed by atoms with E-state index in [-0.39, 0.29) is 18.3 Å². The summed E-state index contributed by atoms with van der Waals surface area (Å²) in [5, 5.41) is 16.3. The van der Waals surface area contributed by atoms with E-state index in [0.717, 1.165) is 0 Å². The number of allylic oxidation sites excluding steroid dienone is 1. The molecule has 0 aliphatic carbocycles. The third kappa shape index (κ3) is 7.53. The van der Waals surface area contributed by atoms with Crippen LogP contribution in [-0.2, 0) is 11.4 Å². The minimum Gasteiger partial charge on any atom is -0.492 e. The lowest BCUT2D eigenvalue weighted by atomic mass is 10.0. The third-order valence-corrected chi connectivity index (χ3v) is 5.93. The Labute approximate surface area is 232 Å². The first-order valence-electron chi connectivity index (χ1n) is 12.3. The fourth-order valence-electron chi connectivity index (χ4n) is 3.66. The lowest BCUT2D eigenvalue weighted by Gasteiger charge is -2.20. The van der Waals surface area contributed by atoms with Gasteiger partial charge in [0.2, 0.25) is 0 Å². The van der Waals surface area contributed by atoms with E-state index in [9.17, 15) is 14.4 Å². The van der Waals surface area contributed by atoms with Gasteiger partial charge in [-0.2, -0.15) is 5.26 Å². The summed E-state index contributed by atoms with van der Waals surface area (Å²) >= 11 is 6.49. The van der Waals surface area contributed by atoms with Crippen molar-refractivity contribution in [3.63, 3.8) is 0 Å². The first-order valence-corrected chi connectivity index (χ1v) is 12.6. The number of anilines is 3. The second kappa shape index (κ2) is 13.4. The van der Waals surface area contributed by atoms with Crippen LogP contribution in [0.25, 0.3) is 5.70 Å². The van der Waals surface area contributed by atoms with Gasteiger partial charge in [0.25, 0.3) is 5.91 Å². The van der Waals surface area contributed by atoms with Crippen LogP contribution in [0.15, 0.2) is 72.3 Å². The van der Waals surface area contributed by atoms with Crippen molar-refractivity contribution in [3.05, 3.63) is 94.3 Å². The van der Waals surface area contributed by atoms with E-state index in [2.05, 4.69) is 23.3 Å². The van der Waals surface area contributed by atoms with Gasteiger partial charge >= 0.3 is 0 Å². The molecule has 3 rings (SSSR count). The molecule has 7 nitrogen and oxygen atoms in total. The molecule has 0 saturated heterocycles. The SMILES string of the molecule is C=C(C)C(=O)Nc1cc(/C(Nc2ccc(OCc3cccc(F)c3)c(Cl)c2)=C(/C#N)CC)c(N)cc1OCC. The largest absolute Gasteiger partial charge is 0.492 e. The van der Waals surface area contributed by atoms with E-state index < -0.39 is 0 Å². The minimum absolute atomic E-state index is 0.144. The first kappa shape index (κ1) is 29.1. The Morgan fingerprint density at radius 2 is 1.87 bits per heavy atom. The van der Waals surface area contributed by atoms with E-state index in [0.29, 0.717) is 74.6 Å².